The lowest BCUT2D eigenvalue weighted by Crippen LogP contribution is -2.44. The van der Waals surface area contributed by atoms with Crippen molar-refractivity contribution < 1.29 is 8.42 Å². The average Bonchev–Trinajstić information content (AvgIpc) is 3.11. The highest BCUT2D eigenvalue weighted by Gasteiger charge is 2.26. The van der Waals surface area contributed by atoms with E-state index < -0.39 is 10.0 Å². The minimum atomic E-state index is -3.19. The van der Waals surface area contributed by atoms with E-state index in [4.69, 9.17) is 9.97 Å². The van der Waals surface area contributed by atoms with Crippen LogP contribution >= 0.6 is 11.3 Å². The number of sulfonamides is 1. The normalized spacial score (nSPS) is 15.9. The number of fused-ring (bicyclic) bond motifs is 1. The Labute approximate surface area is 181 Å². The van der Waals surface area contributed by atoms with Gasteiger partial charge in [0, 0.05) is 30.1 Å². The topological polar surface area (TPSA) is 78.4 Å². The Bertz CT molecular complexity index is 1120. The van der Waals surface area contributed by atoms with Gasteiger partial charge in [0.1, 0.15) is 16.5 Å². The molecule has 1 aromatic carbocycles. The molecule has 0 atom stereocenters. The number of benzene rings is 1. The molecule has 0 spiro atoms. The van der Waals surface area contributed by atoms with Crippen LogP contribution in [-0.2, 0) is 16.6 Å². The predicted octanol–water partition coefficient (Wildman–Crippen LogP) is 2.94. The summed E-state index contributed by atoms with van der Waals surface area (Å²) in [6.45, 7) is 2.18. The Hall–Kier alpha value is -2.07. The average molecular weight is 446 g/mol. The molecule has 0 bridgehead atoms. The fourth-order valence-corrected chi connectivity index (χ4v) is 5.69. The highest BCUT2D eigenvalue weighted by atomic mass is 32.2. The largest absolute Gasteiger partial charge is 0.356 e. The smallest absolute Gasteiger partial charge is 0.208 e. The van der Waals surface area contributed by atoms with Crippen LogP contribution < -0.4 is 9.62 Å². The van der Waals surface area contributed by atoms with Crippen LogP contribution in [0.15, 0.2) is 35.7 Å². The molecule has 0 aliphatic carbocycles. The van der Waals surface area contributed by atoms with Gasteiger partial charge >= 0.3 is 0 Å². The van der Waals surface area contributed by atoms with E-state index in [1.54, 1.807) is 11.3 Å². The molecule has 1 fully saturated rings. The van der Waals surface area contributed by atoms with Crippen molar-refractivity contribution in [3.05, 3.63) is 41.5 Å². The van der Waals surface area contributed by atoms with Crippen LogP contribution in [0.5, 0.6) is 0 Å². The summed E-state index contributed by atoms with van der Waals surface area (Å²) >= 11 is 1.65. The summed E-state index contributed by atoms with van der Waals surface area (Å²) in [5.74, 6) is 1.76. The molecular formula is C21H27N5O2S2. The van der Waals surface area contributed by atoms with Gasteiger partial charge in [-0.3, -0.25) is 0 Å². The lowest BCUT2D eigenvalue weighted by atomic mass is 10.0. The van der Waals surface area contributed by atoms with E-state index in [-0.39, 0.29) is 6.04 Å². The summed E-state index contributed by atoms with van der Waals surface area (Å²) in [4.78, 5) is 15.1. The van der Waals surface area contributed by atoms with Gasteiger partial charge < -0.3 is 9.80 Å². The summed E-state index contributed by atoms with van der Waals surface area (Å²) in [5.41, 5.74) is 2.31. The van der Waals surface area contributed by atoms with E-state index in [9.17, 15) is 8.42 Å². The number of thiophene rings is 1. The molecule has 0 unspecified atom stereocenters. The fourth-order valence-electron chi connectivity index (χ4n) is 3.89. The Morgan fingerprint density at radius 2 is 1.87 bits per heavy atom. The first-order chi connectivity index (χ1) is 14.3. The van der Waals surface area contributed by atoms with Gasteiger partial charge in [-0.2, -0.15) is 0 Å². The monoisotopic (exact) mass is 445 g/mol. The van der Waals surface area contributed by atoms with Gasteiger partial charge in [0.05, 0.1) is 18.2 Å². The minimum absolute atomic E-state index is 0.0223. The summed E-state index contributed by atoms with van der Waals surface area (Å²) in [6.07, 6.45) is 2.73. The first kappa shape index (κ1) is 21.2. The molecule has 2 aromatic heterocycles. The van der Waals surface area contributed by atoms with E-state index >= 15 is 0 Å². The van der Waals surface area contributed by atoms with Crippen molar-refractivity contribution in [3.8, 4) is 11.1 Å². The van der Waals surface area contributed by atoms with Crippen molar-refractivity contribution in [2.24, 2.45) is 0 Å². The predicted molar refractivity (Wildman–Crippen MR) is 123 cm³/mol. The number of anilines is 1. The van der Waals surface area contributed by atoms with Crippen LogP contribution in [0.3, 0.4) is 0 Å². The van der Waals surface area contributed by atoms with Crippen LogP contribution in [0.1, 0.15) is 18.7 Å². The molecule has 30 heavy (non-hydrogen) atoms. The van der Waals surface area contributed by atoms with Crippen molar-refractivity contribution in [2.45, 2.75) is 25.4 Å². The minimum Gasteiger partial charge on any atom is -0.356 e. The fraction of sp³-hybridized carbons (Fsp3) is 0.429. The molecule has 0 amide bonds. The van der Waals surface area contributed by atoms with Crippen molar-refractivity contribution in [1.82, 2.24) is 19.6 Å². The Balaban J connectivity index is 1.72. The highest BCUT2D eigenvalue weighted by Crippen LogP contribution is 2.39. The van der Waals surface area contributed by atoms with Crippen LogP contribution in [-0.4, -0.2) is 62.8 Å². The summed E-state index contributed by atoms with van der Waals surface area (Å²) < 4.78 is 25.9. The van der Waals surface area contributed by atoms with E-state index in [0.717, 1.165) is 58.9 Å². The lowest BCUT2D eigenvalue weighted by molar-refractivity contribution is 0.390. The lowest BCUT2D eigenvalue weighted by Gasteiger charge is -2.33. The molecule has 1 N–H and O–H groups in total. The molecule has 1 saturated heterocycles. The molecule has 160 valence electrons. The number of nitrogens with zero attached hydrogens (tertiary/aromatic N) is 4. The number of piperidine rings is 1. The van der Waals surface area contributed by atoms with E-state index in [1.165, 1.54) is 6.26 Å². The zero-order valence-electron chi connectivity index (χ0n) is 17.5. The molecule has 4 rings (SSSR count). The third kappa shape index (κ3) is 4.80. The molecule has 7 nitrogen and oxygen atoms in total. The third-order valence-corrected chi connectivity index (χ3v) is 6.81. The zero-order chi connectivity index (χ0) is 21.3. The third-order valence-electron chi connectivity index (χ3n) is 5.18. The molecule has 0 saturated carbocycles. The molecule has 3 heterocycles. The maximum atomic E-state index is 11.6. The van der Waals surface area contributed by atoms with Gasteiger partial charge in [-0.1, -0.05) is 30.3 Å². The van der Waals surface area contributed by atoms with Gasteiger partial charge in [-0.15, -0.1) is 11.3 Å². The van der Waals surface area contributed by atoms with Gasteiger partial charge in [0.25, 0.3) is 0 Å². The summed E-state index contributed by atoms with van der Waals surface area (Å²) in [5, 5.41) is 3.25. The van der Waals surface area contributed by atoms with Crippen molar-refractivity contribution in [3.63, 3.8) is 0 Å². The van der Waals surface area contributed by atoms with Crippen molar-refractivity contribution >= 4 is 37.4 Å². The quantitative estimate of drug-likeness (QED) is 0.629. The van der Waals surface area contributed by atoms with Gasteiger partial charge in [0.15, 0.2) is 0 Å². The van der Waals surface area contributed by atoms with Gasteiger partial charge in [-0.05, 0) is 32.5 Å². The van der Waals surface area contributed by atoms with Gasteiger partial charge in [-0.25, -0.2) is 23.1 Å². The van der Waals surface area contributed by atoms with Crippen molar-refractivity contribution in [1.29, 1.82) is 0 Å². The van der Waals surface area contributed by atoms with Crippen LogP contribution in [0.4, 0.5) is 5.82 Å². The summed E-state index contributed by atoms with van der Waals surface area (Å²) in [6, 6.07) is 10.3. The second-order valence-electron chi connectivity index (χ2n) is 8.05. The SMILES string of the molecule is CN(C)Cc1nc(N2CCC(NS(C)(=O)=O)CC2)c2c(-c3ccccc3)csc2n1. The van der Waals surface area contributed by atoms with Crippen LogP contribution in [0, 0.1) is 0 Å². The second-order valence-corrected chi connectivity index (χ2v) is 10.7. The Kier molecular flexibility index (Phi) is 6.06. The number of hydrogen-bond donors (Lipinski definition) is 1. The number of hydrogen-bond acceptors (Lipinski definition) is 7. The van der Waals surface area contributed by atoms with Gasteiger partial charge in [0.2, 0.25) is 10.0 Å². The maximum absolute atomic E-state index is 11.6. The Morgan fingerprint density at radius 3 is 2.50 bits per heavy atom. The number of rotatable bonds is 6. The van der Waals surface area contributed by atoms with Crippen molar-refractivity contribution in [2.75, 3.05) is 38.3 Å². The van der Waals surface area contributed by atoms with E-state index in [0.29, 0.717) is 6.54 Å². The molecule has 1 aliphatic rings. The summed E-state index contributed by atoms with van der Waals surface area (Å²) in [7, 11) is 0.834. The molecule has 9 heteroatoms. The highest BCUT2D eigenvalue weighted by molar-refractivity contribution is 7.88. The first-order valence-electron chi connectivity index (χ1n) is 10.0. The zero-order valence-corrected chi connectivity index (χ0v) is 19.1. The van der Waals surface area contributed by atoms with Crippen LogP contribution in [0.2, 0.25) is 0 Å². The first-order valence-corrected chi connectivity index (χ1v) is 12.8. The molecule has 1 aliphatic heterocycles. The van der Waals surface area contributed by atoms with E-state index in [1.807, 2.05) is 32.3 Å². The number of nitrogens with one attached hydrogen (secondary N) is 1. The molecular weight excluding hydrogens is 418 g/mol. The second kappa shape index (κ2) is 8.58. The Morgan fingerprint density at radius 1 is 1.17 bits per heavy atom. The van der Waals surface area contributed by atoms with Crippen LogP contribution in [0.25, 0.3) is 21.3 Å². The molecule has 0 radical (unpaired) electrons. The van der Waals surface area contributed by atoms with E-state index in [2.05, 4.69) is 32.0 Å². The maximum Gasteiger partial charge on any atom is 0.208 e. The standard InChI is InChI=1S/C21H27N5O2S2/c1-25(2)13-18-22-20(26-11-9-16(10-12-26)24-30(3,27)28)19-17(14-29-21(19)23-18)15-7-5-4-6-8-15/h4-8,14,16,24H,9-13H2,1-3H3. The number of aromatic nitrogens is 2. The molecule has 3 aromatic rings.